The third kappa shape index (κ3) is 4.12. The van der Waals surface area contributed by atoms with Crippen LogP contribution in [0.2, 0.25) is 10.0 Å². The molecule has 0 amide bonds. The van der Waals surface area contributed by atoms with Gasteiger partial charge < -0.3 is 4.74 Å². The first-order valence-corrected chi connectivity index (χ1v) is 8.18. The number of halogens is 4. The van der Waals surface area contributed by atoms with Crippen molar-refractivity contribution < 1.29 is 4.74 Å². The van der Waals surface area contributed by atoms with Gasteiger partial charge in [-0.05, 0) is 29.8 Å². The standard InChI is InChI=1S/C14H10Br2Cl2O/c15-7-9-1-4-14(13(18)5-9)19-8-10-2-3-11(16)6-12(10)17/h1-6H,7-8H2. The monoisotopic (exact) mass is 422 g/mol. The van der Waals surface area contributed by atoms with E-state index in [9.17, 15) is 0 Å². The Morgan fingerprint density at radius 1 is 1.00 bits per heavy atom. The van der Waals surface area contributed by atoms with Gasteiger partial charge in [0.25, 0.3) is 0 Å². The number of hydrogen-bond donors (Lipinski definition) is 0. The minimum absolute atomic E-state index is 0.388. The Hall–Kier alpha value is -0.220. The maximum Gasteiger partial charge on any atom is 0.138 e. The molecule has 19 heavy (non-hydrogen) atoms. The van der Waals surface area contributed by atoms with Gasteiger partial charge >= 0.3 is 0 Å². The fraction of sp³-hybridized carbons (Fsp3) is 0.143. The molecule has 2 aromatic carbocycles. The maximum atomic E-state index is 6.15. The molecule has 2 rings (SSSR count). The first-order valence-electron chi connectivity index (χ1n) is 5.51. The summed E-state index contributed by atoms with van der Waals surface area (Å²) in [6.07, 6.45) is 0. The normalized spacial score (nSPS) is 10.5. The largest absolute Gasteiger partial charge is 0.487 e. The zero-order valence-corrected chi connectivity index (χ0v) is 14.5. The Labute approximate surface area is 139 Å². The van der Waals surface area contributed by atoms with Crippen molar-refractivity contribution in [2.75, 3.05) is 0 Å². The molecule has 5 heteroatoms. The number of alkyl halides is 1. The summed E-state index contributed by atoms with van der Waals surface area (Å²) in [5.41, 5.74) is 2.03. The Kier molecular flexibility index (Phi) is 5.58. The van der Waals surface area contributed by atoms with Crippen molar-refractivity contribution in [1.82, 2.24) is 0 Å². The lowest BCUT2D eigenvalue weighted by atomic mass is 10.2. The summed E-state index contributed by atoms with van der Waals surface area (Å²) < 4.78 is 6.64. The van der Waals surface area contributed by atoms with Crippen LogP contribution in [0.1, 0.15) is 11.1 Å². The van der Waals surface area contributed by atoms with Crippen LogP contribution in [0, 0.1) is 0 Å². The van der Waals surface area contributed by atoms with E-state index in [-0.39, 0.29) is 0 Å². The van der Waals surface area contributed by atoms with Crippen LogP contribution in [0.5, 0.6) is 5.75 Å². The molecule has 0 aromatic heterocycles. The van der Waals surface area contributed by atoms with Crippen molar-refractivity contribution in [3.63, 3.8) is 0 Å². The fourth-order valence-corrected chi connectivity index (χ4v) is 2.87. The van der Waals surface area contributed by atoms with Crippen molar-refractivity contribution in [2.24, 2.45) is 0 Å². The van der Waals surface area contributed by atoms with Crippen LogP contribution in [0.3, 0.4) is 0 Å². The van der Waals surface area contributed by atoms with Crippen molar-refractivity contribution in [2.45, 2.75) is 11.9 Å². The molecule has 0 unspecified atom stereocenters. The first kappa shape index (κ1) is 15.2. The van der Waals surface area contributed by atoms with Crippen LogP contribution in [0.4, 0.5) is 0 Å². The van der Waals surface area contributed by atoms with Gasteiger partial charge in [-0.1, -0.05) is 67.2 Å². The predicted octanol–water partition coefficient (Wildman–Crippen LogP) is 6.23. The molecular formula is C14H10Br2Cl2O. The van der Waals surface area contributed by atoms with Gasteiger partial charge in [0.15, 0.2) is 0 Å². The van der Waals surface area contributed by atoms with Gasteiger partial charge in [0.2, 0.25) is 0 Å². The van der Waals surface area contributed by atoms with E-state index in [1.807, 2.05) is 36.4 Å². The smallest absolute Gasteiger partial charge is 0.138 e. The van der Waals surface area contributed by atoms with Gasteiger partial charge in [0.1, 0.15) is 12.4 Å². The average molecular weight is 425 g/mol. The summed E-state index contributed by atoms with van der Waals surface area (Å²) in [7, 11) is 0. The van der Waals surface area contributed by atoms with Crippen LogP contribution >= 0.6 is 55.1 Å². The average Bonchev–Trinajstić information content (AvgIpc) is 2.39. The second-order valence-corrected chi connectivity index (χ2v) is 6.21. The Balaban J connectivity index is 2.10. The Bertz CT molecular complexity index is 588. The number of rotatable bonds is 4. The Morgan fingerprint density at radius 3 is 2.42 bits per heavy atom. The number of hydrogen-bond acceptors (Lipinski definition) is 1. The molecule has 0 heterocycles. The van der Waals surface area contributed by atoms with Crippen LogP contribution in [0.25, 0.3) is 0 Å². The van der Waals surface area contributed by atoms with Crippen molar-refractivity contribution in [3.8, 4) is 5.75 Å². The molecule has 2 aromatic rings. The lowest BCUT2D eigenvalue weighted by molar-refractivity contribution is 0.306. The highest BCUT2D eigenvalue weighted by Crippen LogP contribution is 2.28. The van der Waals surface area contributed by atoms with Gasteiger partial charge in [0.05, 0.1) is 5.02 Å². The molecule has 100 valence electrons. The van der Waals surface area contributed by atoms with E-state index in [0.717, 1.165) is 20.9 Å². The summed E-state index contributed by atoms with van der Waals surface area (Å²) in [4.78, 5) is 0. The minimum Gasteiger partial charge on any atom is -0.487 e. The van der Waals surface area contributed by atoms with Crippen molar-refractivity contribution >= 4 is 55.1 Å². The summed E-state index contributed by atoms with van der Waals surface area (Å²) in [6.45, 7) is 0.388. The first-order chi connectivity index (χ1) is 9.10. The molecule has 1 nitrogen and oxygen atoms in total. The molecule has 0 bridgehead atoms. The van der Waals surface area contributed by atoms with Crippen LogP contribution in [-0.4, -0.2) is 0 Å². The second-order valence-electron chi connectivity index (χ2n) is 3.92. The van der Waals surface area contributed by atoms with Gasteiger partial charge in [-0.25, -0.2) is 0 Å². The third-order valence-corrected chi connectivity index (χ3v) is 4.34. The van der Waals surface area contributed by atoms with E-state index >= 15 is 0 Å². The molecule has 0 aliphatic heterocycles. The summed E-state index contributed by atoms with van der Waals surface area (Å²) in [5, 5.41) is 2.04. The maximum absolute atomic E-state index is 6.15. The molecule has 0 atom stereocenters. The lowest BCUT2D eigenvalue weighted by Gasteiger charge is -2.10. The molecule has 0 fully saturated rings. The zero-order chi connectivity index (χ0) is 13.8. The van der Waals surface area contributed by atoms with E-state index in [1.54, 1.807) is 0 Å². The quantitative estimate of drug-likeness (QED) is 0.528. The highest BCUT2D eigenvalue weighted by atomic mass is 79.9. The molecule has 0 spiro atoms. The molecule has 0 saturated heterocycles. The summed E-state index contributed by atoms with van der Waals surface area (Å²) >= 11 is 19.0. The van der Waals surface area contributed by atoms with E-state index in [2.05, 4.69) is 31.9 Å². The molecular weight excluding hydrogens is 415 g/mol. The van der Waals surface area contributed by atoms with E-state index in [4.69, 9.17) is 27.9 Å². The number of benzene rings is 2. The van der Waals surface area contributed by atoms with Crippen LogP contribution in [0.15, 0.2) is 40.9 Å². The lowest BCUT2D eigenvalue weighted by Crippen LogP contribution is -1.97. The van der Waals surface area contributed by atoms with Crippen LogP contribution < -0.4 is 4.74 Å². The van der Waals surface area contributed by atoms with Gasteiger partial charge in [-0.15, -0.1) is 0 Å². The molecule has 0 radical (unpaired) electrons. The van der Waals surface area contributed by atoms with Gasteiger partial charge in [0, 0.05) is 20.4 Å². The third-order valence-electron chi connectivity index (χ3n) is 2.55. The fourth-order valence-electron chi connectivity index (χ4n) is 1.54. The van der Waals surface area contributed by atoms with Crippen molar-refractivity contribution in [3.05, 3.63) is 62.0 Å². The molecule has 0 aliphatic carbocycles. The summed E-state index contributed by atoms with van der Waals surface area (Å²) in [6, 6.07) is 11.4. The second kappa shape index (κ2) is 6.98. The molecule has 0 saturated carbocycles. The topological polar surface area (TPSA) is 9.23 Å². The van der Waals surface area contributed by atoms with Crippen molar-refractivity contribution in [1.29, 1.82) is 0 Å². The Morgan fingerprint density at radius 2 is 1.79 bits per heavy atom. The predicted molar refractivity (Wildman–Crippen MR) is 87.6 cm³/mol. The molecule has 0 aliphatic rings. The molecule has 0 N–H and O–H groups in total. The van der Waals surface area contributed by atoms with E-state index in [1.165, 1.54) is 0 Å². The number of ether oxygens (including phenoxy) is 1. The highest BCUT2D eigenvalue weighted by Gasteiger charge is 2.06. The van der Waals surface area contributed by atoms with E-state index < -0.39 is 0 Å². The van der Waals surface area contributed by atoms with E-state index in [0.29, 0.717) is 22.4 Å². The van der Waals surface area contributed by atoms with Crippen LogP contribution in [-0.2, 0) is 11.9 Å². The summed E-state index contributed by atoms with van der Waals surface area (Å²) in [5.74, 6) is 0.658. The SMILES string of the molecule is Clc1cc(Br)ccc1COc1ccc(CBr)cc1Cl. The van der Waals surface area contributed by atoms with Gasteiger partial charge in [-0.2, -0.15) is 0 Å². The van der Waals surface area contributed by atoms with Gasteiger partial charge in [-0.3, -0.25) is 0 Å². The minimum atomic E-state index is 0.388. The zero-order valence-electron chi connectivity index (χ0n) is 9.80. The highest BCUT2D eigenvalue weighted by molar-refractivity contribution is 9.10.